The fourth-order valence-electron chi connectivity index (χ4n) is 4.44. The summed E-state index contributed by atoms with van der Waals surface area (Å²) in [5.41, 5.74) is 1.46. The largest absolute Gasteiger partial charge is 0.483 e. The van der Waals surface area contributed by atoms with Crippen LogP contribution in [0.1, 0.15) is 35.3 Å². The van der Waals surface area contributed by atoms with Crippen LogP contribution in [0.15, 0.2) is 6.20 Å². The van der Waals surface area contributed by atoms with Gasteiger partial charge in [-0.1, -0.05) is 0 Å². The second kappa shape index (κ2) is 9.69. The summed E-state index contributed by atoms with van der Waals surface area (Å²) in [6, 6.07) is 0. The van der Waals surface area contributed by atoms with Gasteiger partial charge in [-0.3, -0.25) is 14.3 Å². The van der Waals surface area contributed by atoms with E-state index in [9.17, 15) is 4.79 Å². The molecule has 1 spiro atoms. The van der Waals surface area contributed by atoms with Gasteiger partial charge < -0.3 is 24.4 Å². The molecule has 162 valence electrons. The van der Waals surface area contributed by atoms with Gasteiger partial charge in [0, 0.05) is 45.5 Å². The number of hydrogen-bond donors (Lipinski definition) is 1. The first-order valence-corrected chi connectivity index (χ1v) is 10.3. The second-order valence-corrected chi connectivity index (χ2v) is 8.16. The van der Waals surface area contributed by atoms with E-state index >= 15 is 0 Å². The van der Waals surface area contributed by atoms with Crippen molar-refractivity contribution in [2.24, 2.45) is 13.0 Å². The summed E-state index contributed by atoms with van der Waals surface area (Å²) >= 11 is 0. The van der Waals surface area contributed by atoms with Crippen LogP contribution < -0.4 is 0 Å². The van der Waals surface area contributed by atoms with E-state index in [1.54, 1.807) is 10.9 Å². The van der Waals surface area contributed by atoms with Crippen LogP contribution in [-0.4, -0.2) is 95.2 Å². The van der Waals surface area contributed by atoms with Gasteiger partial charge >= 0.3 is 0 Å². The number of ether oxygens (including phenoxy) is 2. The van der Waals surface area contributed by atoms with Gasteiger partial charge in [-0.25, -0.2) is 0 Å². The molecule has 3 fully saturated rings. The average molecular weight is 408 g/mol. The van der Waals surface area contributed by atoms with Gasteiger partial charge in [0.05, 0.1) is 37.1 Å². The predicted octanol–water partition coefficient (Wildman–Crippen LogP) is 0.773. The normalized spacial score (nSPS) is 24.2. The molecule has 3 saturated heterocycles. The smallest absolute Gasteiger partial charge is 0.290 e. The van der Waals surface area contributed by atoms with Crippen LogP contribution in [0.4, 0.5) is 0 Å². The van der Waals surface area contributed by atoms with E-state index in [1.165, 1.54) is 6.42 Å². The molecule has 9 nitrogen and oxygen atoms in total. The number of hydrogen-bond acceptors (Lipinski definition) is 6. The molecule has 0 bridgehead atoms. The maximum atomic E-state index is 12.9. The van der Waals surface area contributed by atoms with Crippen molar-refractivity contribution in [2.45, 2.75) is 31.8 Å². The van der Waals surface area contributed by atoms with Crippen LogP contribution in [-0.2, 0) is 21.3 Å². The fourth-order valence-corrected chi connectivity index (χ4v) is 4.44. The Balaban J connectivity index is 0.000000755. The monoisotopic (exact) mass is 408 g/mol. The molecule has 4 heterocycles. The molecule has 3 aliphatic heterocycles. The molecule has 1 unspecified atom stereocenters. The lowest BCUT2D eigenvalue weighted by Crippen LogP contribution is -2.58. The molecule has 1 atom stereocenters. The van der Waals surface area contributed by atoms with Crippen LogP contribution >= 0.6 is 0 Å². The third kappa shape index (κ3) is 5.15. The number of carboxylic acid groups (broad SMARTS) is 1. The molecular weight excluding hydrogens is 376 g/mol. The summed E-state index contributed by atoms with van der Waals surface area (Å²) < 4.78 is 13.5. The van der Waals surface area contributed by atoms with Crippen molar-refractivity contribution >= 4 is 12.4 Å². The first-order chi connectivity index (χ1) is 14.0. The van der Waals surface area contributed by atoms with Crippen molar-refractivity contribution < 1.29 is 24.2 Å². The molecule has 0 saturated carbocycles. The standard InChI is InChI=1S/C19H30N4O3.CH2O2/c1-15-17(11-20-21(15)2)18(24)23-8-10-26-19(14-23)4-6-22(7-5-19)12-16-3-9-25-13-16;2-1-3/h11,16H,3-10,12-14H2,1-2H3;1H,(H,2,3). The lowest BCUT2D eigenvalue weighted by atomic mass is 9.88. The lowest BCUT2D eigenvalue weighted by Gasteiger charge is -2.47. The minimum Gasteiger partial charge on any atom is -0.483 e. The van der Waals surface area contributed by atoms with Gasteiger partial charge in [0.15, 0.2) is 0 Å². The van der Waals surface area contributed by atoms with E-state index in [0.29, 0.717) is 31.2 Å². The van der Waals surface area contributed by atoms with E-state index in [-0.39, 0.29) is 18.0 Å². The van der Waals surface area contributed by atoms with Crippen molar-refractivity contribution in [3.8, 4) is 0 Å². The Bertz CT molecular complexity index is 693. The van der Waals surface area contributed by atoms with Crippen LogP contribution in [0.3, 0.4) is 0 Å². The Morgan fingerprint density at radius 1 is 1.34 bits per heavy atom. The highest BCUT2D eigenvalue weighted by molar-refractivity contribution is 5.95. The van der Waals surface area contributed by atoms with Crippen LogP contribution in [0, 0.1) is 12.8 Å². The highest BCUT2D eigenvalue weighted by Gasteiger charge is 2.41. The van der Waals surface area contributed by atoms with Crippen LogP contribution in [0.25, 0.3) is 0 Å². The molecule has 1 N–H and O–H groups in total. The van der Waals surface area contributed by atoms with E-state index < -0.39 is 0 Å². The quantitative estimate of drug-likeness (QED) is 0.738. The minimum absolute atomic E-state index is 0.0869. The minimum atomic E-state index is -0.250. The van der Waals surface area contributed by atoms with Crippen LogP contribution in [0.2, 0.25) is 0 Å². The van der Waals surface area contributed by atoms with Crippen molar-refractivity contribution in [3.05, 3.63) is 17.5 Å². The van der Waals surface area contributed by atoms with Crippen molar-refractivity contribution in [3.63, 3.8) is 0 Å². The van der Waals surface area contributed by atoms with Crippen molar-refractivity contribution in [1.29, 1.82) is 0 Å². The topological polar surface area (TPSA) is 97.1 Å². The number of carbonyl (C=O) groups is 2. The molecule has 29 heavy (non-hydrogen) atoms. The van der Waals surface area contributed by atoms with Gasteiger partial charge in [-0.2, -0.15) is 5.10 Å². The molecule has 0 aromatic carbocycles. The zero-order chi connectivity index (χ0) is 20.9. The Morgan fingerprint density at radius 3 is 2.66 bits per heavy atom. The van der Waals surface area contributed by atoms with Gasteiger partial charge in [-0.15, -0.1) is 0 Å². The number of morpholine rings is 1. The first kappa shape index (κ1) is 21.7. The highest BCUT2D eigenvalue weighted by Crippen LogP contribution is 2.31. The van der Waals surface area contributed by atoms with Gasteiger partial charge in [0.25, 0.3) is 12.4 Å². The number of rotatable bonds is 3. The van der Waals surface area contributed by atoms with Crippen molar-refractivity contribution in [1.82, 2.24) is 19.6 Å². The summed E-state index contributed by atoms with van der Waals surface area (Å²) in [5, 5.41) is 11.1. The predicted molar refractivity (Wildman–Crippen MR) is 106 cm³/mol. The number of amides is 1. The Kier molecular flexibility index (Phi) is 7.26. The number of aromatic nitrogens is 2. The summed E-state index contributed by atoms with van der Waals surface area (Å²) in [6.45, 7) is 8.73. The molecule has 3 aliphatic rings. The third-order valence-corrected chi connectivity index (χ3v) is 6.31. The molecule has 9 heteroatoms. The maximum absolute atomic E-state index is 12.9. The van der Waals surface area contributed by atoms with E-state index in [2.05, 4.69) is 10.00 Å². The summed E-state index contributed by atoms with van der Waals surface area (Å²) in [7, 11) is 1.87. The average Bonchev–Trinajstić information content (AvgIpc) is 3.34. The molecule has 1 aromatic rings. The Hall–Kier alpha value is -1.97. The number of piperidine rings is 1. The molecular formula is C20H32N4O5. The highest BCUT2D eigenvalue weighted by atomic mass is 16.5. The molecule has 1 amide bonds. The summed E-state index contributed by atoms with van der Waals surface area (Å²) in [4.78, 5) is 25.8. The molecule has 4 rings (SSSR count). The van der Waals surface area contributed by atoms with Crippen LogP contribution in [0.5, 0.6) is 0 Å². The molecule has 0 radical (unpaired) electrons. The van der Waals surface area contributed by atoms with E-state index in [1.807, 2.05) is 18.9 Å². The molecule has 1 aromatic heterocycles. The van der Waals surface area contributed by atoms with E-state index in [4.69, 9.17) is 19.4 Å². The Labute approximate surface area is 171 Å². The fraction of sp³-hybridized carbons (Fsp3) is 0.750. The summed E-state index contributed by atoms with van der Waals surface area (Å²) in [6.07, 6.45) is 4.86. The Morgan fingerprint density at radius 2 is 2.07 bits per heavy atom. The zero-order valence-electron chi connectivity index (χ0n) is 17.4. The van der Waals surface area contributed by atoms with Crippen molar-refractivity contribution in [2.75, 3.05) is 52.5 Å². The number of nitrogens with zero attached hydrogens (tertiary/aromatic N) is 4. The molecule has 0 aliphatic carbocycles. The second-order valence-electron chi connectivity index (χ2n) is 8.16. The van der Waals surface area contributed by atoms with E-state index in [0.717, 1.165) is 51.4 Å². The van der Waals surface area contributed by atoms with Gasteiger partial charge in [0.1, 0.15) is 0 Å². The number of aryl methyl sites for hydroxylation is 1. The first-order valence-electron chi connectivity index (χ1n) is 10.3. The lowest BCUT2D eigenvalue weighted by molar-refractivity contribution is -0.128. The van der Waals surface area contributed by atoms with Gasteiger partial charge in [-0.05, 0) is 32.1 Å². The summed E-state index contributed by atoms with van der Waals surface area (Å²) in [5.74, 6) is 0.770. The SMILES string of the molecule is Cc1c(C(=O)N2CCOC3(CCN(CC4CCOC4)CC3)C2)cnn1C.O=CO. The van der Waals surface area contributed by atoms with Gasteiger partial charge in [0.2, 0.25) is 0 Å². The maximum Gasteiger partial charge on any atom is 0.290 e. The number of likely N-dealkylation sites (tertiary alicyclic amines) is 1. The number of carbonyl (C=O) groups excluding carboxylic acids is 1. The third-order valence-electron chi connectivity index (χ3n) is 6.31. The zero-order valence-corrected chi connectivity index (χ0v) is 17.4.